The van der Waals surface area contributed by atoms with Crippen molar-refractivity contribution in [2.24, 2.45) is 0 Å². The van der Waals surface area contributed by atoms with E-state index in [1.165, 1.54) is 7.11 Å². The van der Waals surface area contributed by atoms with Gasteiger partial charge in [0.15, 0.2) is 18.1 Å². The summed E-state index contributed by atoms with van der Waals surface area (Å²) in [6.45, 7) is 1.77. The van der Waals surface area contributed by atoms with Crippen LogP contribution in [0, 0.1) is 18.3 Å². The Labute approximate surface area is 218 Å². The number of methoxy groups -OCH3 is 1. The van der Waals surface area contributed by atoms with Crippen molar-refractivity contribution in [2.75, 3.05) is 19.0 Å². The molecule has 37 heavy (non-hydrogen) atoms. The summed E-state index contributed by atoms with van der Waals surface area (Å²) in [6.07, 6.45) is 1.59. The number of nitriles is 1. The number of hydrogen-bond acceptors (Lipinski definition) is 7. The van der Waals surface area contributed by atoms with Crippen LogP contribution in [0.1, 0.15) is 22.3 Å². The summed E-state index contributed by atoms with van der Waals surface area (Å²) in [5.74, 6) is -0.0181. The van der Waals surface area contributed by atoms with Crippen molar-refractivity contribution in [1.29, 1.82) is 5.26 Å². The lowest BCUT2D eigenvalue weighted by atomic mass is 10.1. The maximum atomic E-state index is 12.9. The predicted molar refractivity (Wildman–Crippen MR) is 141 cm³/mol. The van der Waals surface area contributed by atoms with Crippen molar-refractivity contribution in [2.45, 2.75) is 13.5 Å². The highest BCUT2D eigenvalue weighted by Crippen LogP contribution is 2.35. The van der Waals surface area contributed by atoms with E-state index in [1.807, 2.05) is 31.2 Å². The Morgan fingerprint density at radius 2 is 1.84 bits per heavy atom. The number of nitrogens with one attached hydrogen (secondary N) is 1. The molecule has 1 aliphatic heterocycles. The highest BCUT2D eigenvalue weighted by molar-refractivity contribution is 8.18. The highest BCUT2D eigenvalue weighted by Gasteiger charge is 2.35. The van der Waals surface area contributed by atoms with Gasteiger partial charge < -0.3 is 14.8 Å². The lowest BCUT2D eigenvalue weighted by molar-refractivity contribution is -0.123. The van der Waals surface area contributed by atoms with E-state index in [0.717, 1.165) is 22.2 Å². The quantitative estimate of drug-likeness (QED) is 0.416. The number of carbonyl (C=O) groups is 3. The van der Waals surface area contributed by atoms with Gasteiger partial charge in [0.2, 0.25) is 0 Å². The van der Waals surface area contributed by atoms with Gasteiger partial charge >= 0.3 is 0 Å². The van der Waals surface area contributed by atoms with Crippen LogP contribution in [-0.4, -0.2) is 35.7 Å². The van der Waals surface area contributed by atoms with Gasteiger partial charge in [-0.05, 0) is 66.2 Å². The van der Waals surface area contributed by atoms with Crippen LogP contribution in [0.5, 0.6) is 11.5 Å². The van der Waals surface area contributed by atoms with E-state index in [-0.39, 0.29) is 24.0 Å². The van der Waals surface area contributed by atoms with Gasteiger partial charge in [0.25, 0.3) is 17.1 Å². The lowest BCUT2D eigenvalue weighted by Gasteiger charge is -2.13. The van der Waals surface area contributed by atoms with Crippen LogP contribution in [0.15, 0.2) is 71.6 Å². The van der Waals surface area contributed by atoms with Crippen LogP contribution < -0.4 is 14.8 Å². The summed E-state index contributed by atoms with van der Waals surface area (Å²) in [4.78, 5) is 39.1. The van der Waals surface area contributed by atoms with Crippen LogP contribution in [0.4, 0.5) is 10.5 Å². The molecule has 0 spiro atoms. The zero-order chi connectivity index (χ0) is 26.4. The summed E-state index contributed by atoms with van der Waals surface area (Å²) in [5.41, 5.74) is 3.40. The molecule has 0 radical (unpaired) electrons. The van der Waals surface area contributed by atoms with E-state index in [0.29, 0.717) is 33.9 Å². The van der Waals surface area contributed by atoms with Gasteiger partial charge in [0.1, 0.15) is 0 Å². The molecule has 0 aliphatic carbocycles. The maximum Gasteiger partial charge on any atom is 0.293 e. The van der Waals surface area contributed by atoms with E-state index >= 15 is 0 Å². The number of benzene rings is 3. The molecule has 3 aromatic carbocycles. The molecule has 0 unspecified atom stereocenters. The predicted octanol–water partition coefficient (Wildman–Crippen LogP) is 5.13. The van der Waals surface area contributed by atoms with Gasteiger partial charge in [-0.3, -0.25) is 19.3 Å². The number of ether oxygens (including phenoxy) is 2. The molecule has 9 heteroatoms. The normalized spacial score (nSPS) is 14.0. The van der Waals surface area contributed by atoms with E-state index < -0.39 is 11.1 Å². The third-order valence-corrected chi connectivity index (χ3v) is 6.43. The smallest absolute Gasteiger partial charge is 0.293 e. The minimum Gasteiger partial charge on any atom is -0.493 e. The summed E-state index contributed by atoms with van der Waals surface area (Å²) in [7, 11) is 1.47. The monoisotopic (exact) mass is 513 g/mol. The number of carbonyl (C=O) groups excluding carboxylic acids is 3. The van der Waals surface area contributed by atoms with Gasteiger partial charge in [-0.2, -0.15) is 5.26 Å². The molecule has 0 saturated carbocycles. The summed E-state index contributed by atoms with van der Waals surface area (Å²) in [6, 6.07) is 21.4. The van der Waals surface area contributed by atoms with E-state index in [4.69, 9.17) is 9.47 Å². The fourth-order valence-electron chi connectivity index (χ4n) is 3.60. The second-order valence-corrected chi connectivity index (χ2v) is 9.14. The largest absolute Gasteiger partial charge is 0.493 e. The number of imide groups is 1. The third-order valence-electron chi connectivity index (χ3n) is 5.52. The van der Waals surface area contributed by atoms with Crippen molar-refractivity contribution in [3.63, 3.8) is 0 Å². The number of thioether (sulfide) groups is 1. The summed E-state index contributed by atoms with van der Waals surface area (Å²) >= 11 is 0.834. The SMILES string of the molecule is COc1cc(/C=C2/SC(=O)N(Cc3ccccc3C#N)C2=O)ccc1OCC(=O)Nc1ccc(C)cc1. The number of rotatable bonds is 8. The van der Waals surface area contributed by atoms with E-state index in [2.05, 4.69) is 11.4 Å². The average molecular weight is 514 g/mol. The van der Waals surface area contributed by atoms with Crippen LogP contribution in [0.2, 0.25) is 0 Å². The fourth-order valence-corrected chi connectivity index (χ4v) is 4.43. The topological polar surface area (TPSA) is 109 Å². The molecular formula is C28H23N3O5S. The van der Waals surface area contributed by atoms with Crippen molar-refractivity contribution in [3.05, 3.63) is 93.9 Å². The average Bonchev–Trinajstić information content (AvgIpc) is 3.16. The molecular weight excluding hydrogens is 490 g/mol. The van der Waals surface area contributed by atoms with Crippen molar-refractivity contribution >= 4 is 40.6 Å². The Hall–Kier alpha value is -4.55. The van der Waals surface area contributed by atoms with E-state index in [9.17, 15) is 19.6 Å². The van der Waals surface area contributed by atoms with Crippen molar-refractivity contribution in [3.8, 4) is 17.6 Å². The molecule has 3 aromatic rings. The molecule has 4 rings (SSSR count). The minimum absolute atomic E-state index is 0.0203. The molecule has 1 fully saturated rings. The third kappa shape index (κ3) is 6.18. The van der Waals surface area contributed by atoms with Gasteiger partial charge in [-0.1, -0.05) is 42.0 Å². The van der Waals surface area contributed by atoms with Gasteiger partial charge in [0.05, 0.1) is 30.2 Å². The molecule has 0 atom stereocenters. The standard InChI is InChI=1S/C28H23N3O5S/c1-18-7-10-22(11-8-18)30-26(32)17-36-23-12-9-19(13-24(23)35-2)14-25-27(33)31(28(34)37-25)16-21-6-4-3-5-20(21)15-29/h3-14H,16-17H2,1-2H3,(H,30,32)/b25-14+. The lowest BCUT2D eigenvalue weighted by Crippen LogP contribution is -2.27. The zero-order valence-electron chi connectivity index (χ0n) is 20.2. The van der Waals surface area contributed by atoms with Gasteiger partial charge in [-0.25, -0.2) is 0 Å². The molecule has 0 bridgehead atoms. The van der Waals surface area contributed by atoms with Crippen LogP contribution in [-0.2, 0) is 16.1 Å². The molecule has 8 nitrogen and oxygen atoms in total. The first-order chi connectivity index (χ1) is 17.9. The summed E-state index contributed by atoms with van der Waals surface area (Å²) < 4.78 is 11.0. The highest BCUT2D eigenvalue weighted by atomic mass is 32.2. The first kappa shape index (κ1) is 25.5. The molecule has 186 valence electrons. The molecule has 0 aromatic heterocycles. The molecule has 1 N–H and O–H groups in total. The van der Waals surface area contributed by atoms with Gasteiger partial charge in [-0.15, -0.1) is 0 Å². The first-order valence-electron chi connectivity index (χ1n) is 11.3. The number of hydrogen-bond donors (Lipinski definition) is 1. The zero-order valence-corrected chi connectivity index (χ0v) is 21.0. The first-order valence-corrected chi connectivity index (χ1v) is 12.1. The Morgan fingerprint density at radius 3 is 2.57 bits per heavy atom. The fraction of sp³-hybridized carbons (Fsp3) is 0.143. The molecule has 1 heterocycles. The Morgan fingerprint density at radius 1 is 1.08 bits per heavy atom. The van der Waals surface area contributed by atoms with Crippen LogP contribution >= 0.6 is 11.8 Å². The van der Waals surface area contributed by atoms with Crippen molar-refractivity contribution < 1.29 is 23.9 Å². The van der Waals surface area contributed by atoms with E-state index in [1.54, 1.807) is 48.5 Å². The second-order valence-electron chi connectivity index (χ2n) is 8.15. The number of amides is 3. The second kappa shape index (κ2) is 11.5. The van der Waals surface area contributed by atoms with Crippen LogP contribution in [0.3, 0.4) is 0 Å². The maximum absolute atomic E-state index is 12.9. The Balaban J connectivity index is 1.43. The van der Waals surface area contributed by atoms with Gasteiger partial charge in [0, 0.05) is 5.69 Å². The number of aryl methyl sites for hydroxylation is 1. The molecule has 1 aliphatic rings. The summed E-state index contributed by atoms with van der Waals surface area (Å²) in [5, 5.41) is 11.6. The Bertz CT molecular complexity index is 1430. The number of anilines is 1. The molecule has 3 amide bonds. The minimum atomic E-state index is -0.435. The Kier molecular flexibility index (Phi) is 7.91. The molecule has 1 saturated heterocycles. The van der Waals surface area contributed by atoms with Crippen LogP contribution in [0.25, 0.3) is 6.08 Å². The number of nitrogens with zero attached hydrogens (tertiary/aromatic N) is 2. The van der Waals surface area contributed by atoms with Crippen molar-refractivity contribution in [1.82, 2.24) is 4.90 Å².